The van der Waals surface area contributed by atoms with Crippen molar-refractivity contribution in [2.45, 2.75) is 12.8 Å². The molecule has 0 spiro atoms. The molecule has 1 saturated heterocycles. The first-order valence-corrected chi connectivity index (χ1v) is 3.71. The Kier molecular flexibility index (Phi) is 1.19. The van der Waals surface area contributed by atoms with Gasteiger partial charge in [-0.25, -0.2) is 0 Å². The highest BCUT2D eigenvalue weighted by molar-refractivity contribution is 5.25. The van der Waals surface area contributed by atoms with E-state index in [0.717, 1.165) is 25.2 Å². The maximum Gasteiger partial charge on any atom is 0.134 e. The Morgan fingerprint density at radius 3 is 3.20 bits per heavy atom. The fourth-order valence-corrected chi connectivity index (χ4v) is 1.61. The maximum absolute atomic E-state index is 9.33. The molecule has 2 aliphatic rings. The predicted octanol–water partition coefficient (Wildman–Crippen LogP) is 1.42. The molecule has 0 aliphatic carbocycles. The van der Waals surface area contributed by atoms with E-state index in [4.69, 9.17) is 0 Å². The van der Waals surface area contributed by atoms with E-state index in [1.165, 1.54) is 6.42 Å². The molecular formula is C8H11NO. The standard InChI is InChI=1S/C8H11NO/c10-8-4-2-6-9-5-1-3-7(8)9/h2,4,10H,1,3,5-6H2. The summed E-state index contributed by atoms with van der Waals surface area (Å²) in [4.78, 5) is 2.23. The molecule has 0 aromatic heterocycles. The van der Waals surface area contributed by atoms with Crippen LogP contribution in [-0.4, -0.2) is 23.1 Å². The van der Waals surface area contributed by atoms with E-state index in [2.05, 4.69) is 4.90 Å². The largest absolute Gasteiger partial charge is 0.506 e. The summed E-state index contributed by atoms with van der Waals surface area (Å²) in [6.07, 6.45) is 6.05. The summed E-state index contributed by atoms with van der Waals surface area (Å²) in [7, 11) is 0. The molecule has 54 valence electrons. The van der Waals surface area contributed by atoms with Gasteiger partial charge in [-0.15, -0.1) is 0 Å². The molecule has 0 radical (unpaired) electrons. The van der Waals surface area contributed by atoms with Gasteiger partial charge in [-0.05, 0) is 18.9 Å². The molecule has 2 heterocycles. The first kappa shape index (κ1) is 5.83. The predicted molar refractivity (Wildman–Crippen MR) is 39.6 cm³/mol. The molecule has 0 bridgehead atoms. The minimum Gasteiger partial charge on any atom is -0.506 e. The third kappa shape index (κ3) is 0.719. The van der Waals surface area contributed by atoms with Crippen LogP contribution in [-0.2, 0) is 0 Å². The van der Waals surface area contributed by atoms with Crippen molar-refractivity contribution < 1.29 is 5.11 Å². The molecule has 0 saturated carbocycles. The van der Waals surface area contributed by atoms with Crippen molar-refractivity contribution in [1.29, 1.82) is 0 Å². The fraction of sp³-hybridized carbons (Fsp3) is 0.500. The number of allylic oxidation sites excluding steroid dienone is 2. The summed E-state index contributed by atoms with van der Waals surface area (Å²) in [5, 5.41) is 9.33. The van der Waals surface area contributed by atoms with Crippen LogP contribution in [0.3, 0.4) is 0 Å². The van der Waals surface area contributed by atoms with E-state index in [1.54, 1.807) is 6.08 Å². The lowest BCUT2D eigenvalue weighted by molar-refractivity contribution is 0.358. The fourth-order valence-electron chi connectivity index (χ4n) is 1.61. The van der Waals surface area contributed by atoms with Crippen LogP contribution in [0.25, 0.3) is 0 Å². The number of hydrogen-bond donors (Lipinski definition) is 1. The molecule has 0 amide bonds. The number of aliphatic hydroxyl groups is 1. The van der Waals surface area contributed by atoms with Crippen LogP contribution in [0.5, 0.6) is 0 Å². The third-order valence-electron chi connectivity index (χ3n) is 2.12. The second-order valence-corrected chi connectivity index (χ2v) is 2.78. The molecular weight excluding hydrogens is 126 g/mol. The Morgan fingerprint density at radius 1 is 1.50 bits per heavy atom. The van der Waals surface area contributed by atoms with E-state index < -0.39 is 0 Å². The van der Waals surface area contributed by atoms with Crippen LogP contribution in [0.4, 0.5) is 0 Å². The lowest BCUT2D eigenvalue weighted by atomic mass is 10.2. The lowest BCUT2D eigenvalue weighted by Gasteiger charge is -2.21. The Morgan fingerprint density at radius 2 is 2.40 bits per heavy atom. The second-order valence-electron chi connectivity index (χ2n) is 2.78. The van der Waals surface area contributed by atoms with E-state index in [9.17, 15) is 5.11 Å². The monoisotopic (exact) mass is 137 g/mol. The van der Waals surface area contributed by atoms with Crippen molar-refractivity contribution in [2.75, 3.05) is 13.1 Å². The molecule has 0 atom stereocenters. The lowest BCUT2D eigenvalue weighted by Crippen LogP contribution is -2.21. The zero-order chi connectivity index (χ0) is 6.97. The summed E-state index contributed by atoms with van der Waals surface area (Å²) in [6, 6.07) is 0. The van der Waals surface area contributed by atoms with Gasteiger partial charge in [0.1, 0.15) is 5.76 Å². The molecule has 1 N–H and O–H groups in total. The quantitative estimate of drug-likeness (QED) is 0.545. The normalized spacial score (nSPS) is 23.8. The van der Waals surface area contributed by atoms with Crippen molar-refractivity contribution in [1.82, 2.24) is 4.90 Å². The number of fused-ring (bicyclic) bond motifs is 1. The molecule has 2 aliphatic heterocycles. The Bertz CT molecular complexity index is 205. The number of aliphatic hydroxyl groups excluding tert-OH is 1. The van der Waals surface area contributed by atoms with Crippen molar-refractivity contribution in [3.8, 4) is 0 Å². The topological polar surface area (TPSA) is 23.5 Å². The van der Waals surface area contributed by atoms with E-state index >= 15 is 0 Å². The van der Waals surface area contributed by atoms with Crippen LogP contribution >= 0.6 is 0 Å². The Labute approximate surface area is 60.5 Å². The minimum absolute atomic E-state index is 0.476. The van der Waals surface area contributed by atoms with E-state index in [1.807, 2.05) is 6.08 Å². The third-order valence-corrected chi connectivity index (χ3v) is 2.12. The SMILES string of the molecule is OC1=C2CCCN2CC=C1. The van der Waals surface area contributed by atoms with Crippen LogP contribution in [0, 0.1) is 0 Å². The number of hydrogen-bond acceptors (Lipinski definition) is 2. The van der Waals surface area contributed by atoms with Crippen molar-refractivity contribution in [3.05, 3.63) is 23.6 Å². The Hall–Kier alpha value is -0.920. The molecule has 0 unspecified atom stereocenters. The average molecular weight is 137 g/mol. The van der Waals surface area contributed by atoms with Crippen molar-refractivity contribution in [3.63, 3.8) is 0 Å². The van der Waals surface area contributed by atoms with Gasteiger partial charge >= 0.3 is 0 Å². The molecule has 10 heavy (non-hydrogen) atoms. The summed E-state index contributed by atoms with van der Waals surface area (Å²) >= 11 is 0. The summed E-state index contributed by atoms with van der Waals surface area (Å²) in [5.74, 6) is 0.476. The van der Waals surface area contributed by atoms with E-state index in [0.29, 0.717) is 5.76 Å². The van der Waals surface area contributed by atoms with Gasteiger partial charge in [0.2, 0.25) is 0 Å². The van der Waals surface area contributed by atoms with Crippen LogP contribution in [0.1, 0.15) is 12.8 Å². The molecule has 2 nitrogen and oxygen atoms in total. The van der Waals surface area contributed by atoms with Gasteiger partial charge in [-0.3, -0.25) is 0 Å². The molecule has 2 heteroatoms. The maximum atomic E-state index is 9.33. The first-order valence-electron chi connectivity index (χ1n) is 3.71. The summed E-state index contributed by atoms with van der Waals surface area (Å²) in [5.41, 5.74) is 1.14. The first-order chi connectivity index (χ1) is 4.88. The van der Waals surface area contributed by atoms with Gasteiger partial charge in [-0.2, -0.15) is 0 Å². The zero-order valence-electron chi connectivity index (χ0n) is 5.88. The summed E-state index contributed by atoms with van der Waals surface area (Å²) in [6.45, 7) is 2.10. The van der Waals surface area contributed by atoms with Crippen molar-refractivity contribution >= 4 is 0 Å². The highest BCUT2D eigenvalue weighted by Crippen LogP contribution is 2.25. The second kappa shape index (κ2) is 2.04. The van der Waals surface area contributed by atoms with Crippen LogP contribution in [0.2, 0.25) is 0 Å². The van der Waals surface area contributed by atoms with Crippen LogP contribution in [0.15, 0.2) is 23.6 Å². The highest BCUT2D eigenvalue weighted by atomic mass is 16.3. The smallest absolute Gasteiger partial charge is 0.134 e. The summed E-state index contributed by atoms with van der Waals surface area (Å²) < 4.78 is 0. The molecule has 0 aromatic rings. The number of nitrogens with zero attached hydrogens (tertiary/aromatic N) is 1. The average Bonchev–Trinajstić information content (AvgIpc) is 2.36. The van der Waals surface area contributed by atoms with E-state index in [-0.39, 0.29) is 0 Å². The van der Waals surface area contributed by atoms with Crippen molar-refractivity contribution in [2.24, 2.45) is 0 Å². The highest BCUT2D eigenvalue weighted by Gasteiger charge is 2.20. The number of rotatable bonds is 0. The van der Waals surface area contributed by atoms with Gasteiger partial charge in [0.25, 0.3) is 0 Å². The molecule has 0 aromatic carbocycles. The van der Waals surface area contributed by atoms with Gasteiger partial charge in [0.15, 0.2) is 0 Å². The zero-order valence-corrected chi connectivity index (χ0v) is 5.88. The van der Waals surface area contributed by atoms with Gasteiger partial charge in [0, 0.05) is 13.1 Å². The van der Waals surface area contributed by atoms with Crippen LogP contribution < -0.4 is 0 Å². The van der Waals surface area contributed by atoms with Gasteiger partial charge in [-0.1, -0.05) is 6.08 Å². The Balaban J connectivity index is 2.32. The van der Waals surface area contributed by atoms with Gasteiger partial charge < -0.3 is 10.0 Å². The van der Waals surface area contributed by atoms with Gasteiger partial charge in [0.05, 0.1) is 5.70 Å². The molecule has 1 fully saturated rings. The minimum atomic E-state index is 0.476. The molecule has 2 rings (SSSR count).